The molecule has 0 aromatic heterocycles. The van der Waals surface area contributed by atoms with E-state index in [2.05, 4.69) is 5.32 Å². The summed E-state index contributed by atoms with van der Waals surface area (Å²) in [5, 5.41) is 12.9. The Morgan fingerprint density at radius 2 is 1.73 bits per heavy atom. The van der Waals surface area contributed by atoms with Gasteiger partial charge in [-0.2, -0.15) is 5.26 Å². The molecule has 0 radical (unpaired) electrons. The second-order valence-electron chi connectivity index (χ2n) is 7.96. The fraction of sp³-hybridized carbons (Fsp3) is 0.143. The average molecular weight is 532 g/mol. The highest BCUT2D eigenvalue weighted by molar-refractivity contribution is 8.05. The summed E-state index contributed by atoms with van der Waals surface area (Å²) in [4.78, 5) is 40.0. The Balaban J connectivity index is 1.65. The molecule has 2 amide bonds. The number of esters is 1. The lowest BCUT2D eigenvalue weighted by atomic mass is 10.1. The molecule has 186 valence electrons. The van der Waals surface area contributed by atoms with Crippen molar-refractivity contribution in [1.82, 2.24) is 0 Å². The lowest BCUT2D eigenvalue weighted by Gasteiger charge is -2.18. The molecule has 0 spiro atoms. The number of nitriles is 1. The van der Waals surface area contributed by atoms with E-state index in [1.165, 1.54) is 17.0 Å². The van der Waals surface area contributed by atoms with Gasteiger partial charge in [0.05, 0.1) is 17.4 Å². The first kappa shape index (κ1) is 26.0. The van der Waals surface area contributed by atoms with E-state index in [0.717, 1.165) is 17.3 Å². The molecule has 1 N–H and O–H groups in total. The van der Waals surface area contributed by atoms with E-state index in [1.54, 1.807) is 49.4 Å². The van der Waals surface area contributed by atoms with Crippen molar-refractivity contribution in [1.29, 1.82) is 5.26 Å². The first-order chi connectivity index (χ1) is 17.9. The van der Waals surface area contributed by atoms with E-state index in [9.17, 15) is 19.6 Å². The van der Waals surface area contributed by atoms with Crippen molar-refractivity contribution in [3.8, 4) is 6.07 Å². The third kappa shape index (κ3) is 5.85. The van der Waals surface area contributed by atoms with Gasteiger partial charge in [0.2, 0.25) is 5.91 Å². The molecule has 0 saturated carbocycles. The average Bonchev–Trinajstić information content (AvgIpc) is 3.22. The lowest BCUT2D eigenvalue weighted by molar-refractivity contribution is -0.117. The van der Waals surface area contributed by atoms with Crippen molar-refractivity contribution in [3.63, 3.8) is 0 Å². The van der Waals surface area contributed by atoms with Crippen molar-refractivity contribution in [2.45, 2.75) is 18.6 Å². The maximum absolute atomic E-state index is 13.5. The Bertz CT molecular complexity index is 1400. The number of carbonyl (C=O) groups is 3. The smallest absolute Gasteiger partial charge is 0.338 e. The van der Waals surface area contributed by atoms with Crippen LogP contribution in [0.25, 0.3) is 0 Å². The molecule has 1 fully saturated rings. The molecule has 1 aliphatic rings. The van der Waals surface area contributed by atoms with E-state index in [1.807, 2.05) is 30.3 Å². The molecule has 0 aliphatic carbocycles. The molecule has 1 atom stereocenters. The topological polar surface area (TPSA) is 99.5 Å². The molecule has 0 unspecified atom stereocenters. The largest absolute Gasteiger partial charge is 0.462 e. The molecular weight excluding hydrogens is 510 g/mol. The molecule has 37 heavy (non-hydrogen) atoms. The molecular formula is C28H22ClN3O4S. The molecule has 1 heterocycles. The van der Waals surface area contributed by atoms with Crippen molar-refractivity contribution < 1.29 is 19.1 Å². The van der Waals surface area contributed by atoms with E-state index < -0.39 is 17.1 Å². The summed E-state index contributed by atoms with van der Waals surface area (Å²) in [7, 11) is 0. The number of para-hydroxylation sites is 1. The molecule has 0 bridgehead atoms. The number of hydrogen-bond acceptors (Lipinski definition) is 6. The van der Waals surface area contributed by atoms with Gasteiger partial charge >= 0.3 is 5.97 Å². The Labute approximate surface area is 223 Å². The van der Waals surface area contributed by atoms with Crippen molar-refractivity contribution in [2.24, 2.45) is 0 Å². The number of benzene rings is 3. The van der Waals surface area contributed by atoms with Crippen LogP contribution in [0.1, 0.15) is 22.8 Å². The van der Waals surface area contributed by atoms with Crippen LogP contribution in [0.2, 0.25) is 5.02 Å². The van der Waals surface area contributed by atoms with Crippen LogP contribution in [0, 0.1) is 11.3 Å². The first-order valence-electron chi connectivity index (χ1n) is 11.4. The normalized spacial score (nSPS) is 16.2. The Kier molecular flexibility index (Phi) is 8.29. The minimum Gasteiger partial charge on any atom is -0.462 e. The van der Waals surface area contributed by atoms with Gasteiger partial charge in [0.1, 0.15) is 16.7 Å². The van der Waals surface area contributed by atoms with Gasteiger partial charge < -0.3 is 10.1 Å². The maximum Gasteiger partial charge on any atom is 0.338 e. The predicted octanol–water partition coefficient (Wildman–Crippen LogP) is 5.58. The van der Waals surface area contributed by atoms with E-state index >= 15 is 0 Å². The lowest BCUT2D eigenvalue weighted by Crippen LogP contribution is -2.30. The molecule has 3 aromatic rings. The summed E-state index contributed by atoms with van der Waals surface area (Å²) in [5.41, 5.74) is 1.89. The number of hydrogen-bond donors (Lipinski definition) is 1. The summed E-state index contributed by atoms with van der Waals surface area (Å²) in [6, 6.07) is 24.3. The summed E-state index contributed by atoms with van der Waals surface area (Å²) in [6.45, 7) is 1.97. The van der Waals surface area contributed by atoms with Gasteiger partial charge in [-0.25, -0.2) is 4.79 Å². The molecule has 7 nitrogen and oxygen atoms in total. The number of rotatable bonds is 7. The molecule has 4 rings (SSSR count). The van der Waals surface area contributed by atoms with Crippen LogP contribution in [0.15, 0.2) is 89.5 Å². The second kappa shape index (κ2) is 11.8. The van der Waals surface area contributed by atoms with Crippen LogP contribution < -0.4 is 10.2 Å². The number of carbonyl (C=O) groups excluding carboxylic acids is 3. The van der Waals surface area contributed by atoms with E-state index in [0.29, 0.717) is 28.4 Å². The zero-order valence-electron chi connectivity index (χ0n) is 19.8. The first-order valence-corrected chi connectivity index (χ1v) is 12.7. The highest BCUT2D eigenvalue weighted by atomic mass is 35.5. The van der Waals surface area contributed by atoms with Crippen molar-refractivity contribution in [2.75, 3.05) is 16.8 Å². The zero-order chi connectivity index (χ0) is 26.4. The number of amides is 2. The highest BCUT2D eigenvalue weighted by Crippen LogP contribution is 2.42. The Morgan fingerprint density at radius 1 is 1.05 bits per heavy atom. The van der Waals surface area contributed by atoms with Gasteiger partial charge in [0.15, 0.2) is 0 Å². The van der Waals surface area contributed by atoms with E-state index in [4.69, 9.17) is 16.3 Å². The van der Waals surface area contributed by atoms with Crippen LogP contribution in [-0.2, 0) is 20.7 Å². The Hall–Kier alpha value is -4.06. The monoisotopic (exact) mass is 531 g/mol. The predicted molar refractivity (Wildman–Crippen MR) is 144 cm³/mol. The number of thioether (sulfide) groups is 1. The standard InChI is InChI=1S/C28H22ClN3O4S/c1-2-36-28(35)18-12-14-20(15-13-18)31-25(33)22(17-30)27-32(21-9-4-3-5-10-21)26(34)24(37-27)16-19-8-6-7-11-23(19)29/h3-15,24H,2,16H2,1H3,(H,31,33)/b27-22-/t24-/m0/s1. The second-order valence-corrected chi connectivity index (χ2v) is 9.55. The molecule has 3 aromatic carbocycles. The highest BCUT2D eigenvalue weighted by Gasteiger charge is 2.41. The van der Waals surface area contributed by atoms with Crippen LogP contribution >= 0.6 is 23.4 Å². The summed E-state index contributed by atoms with van der Waals surface area (Å²) in [5.74, 6) is -1.38. The van der Waals surface area contributed by atoms with Gasteiger partial charge in [-0.3, -0.25) is 14.5 Å². The van der Waals surface area contributed by atoms with Gasteiger partial charge in [-0.15, -0.1) is 0 Å². The Morgan fingerprint density at radius 3 is 2.38 bits per heavy atom. The number of halogens is 1. The van der Waals surface area contributed by atoms with Gasteiger partial charge in [0, 0.05) is 16.4 Å². The van der Waals surface area contributed by atoms with Crippen LogP contribution in [0.5, 0.6) is 0 Å². The number of anilines is 2. The third-order valence-electron chi connectivity index (χ3n) is 5.54. The summed E-state index contributed by atoms with van der Waals surface area (Å²) < 4.78 is 4.97. The molecule has 9 heteroatoms. The van der Waals surface area contributed by atoms with Gasteiger partial charge in [-0.1, -0.05) is 59.8 Å². The summed E-state index contributed by atoms with van der Waals surface area (Å²) >= 11 is 7.49. The minimum absolute atomic E-state index is 0.196. The van der Waals surface area contributed by atoms with Crippen LogP contribution in [0.4, 0.5) is 11.4 Å². The molecule has 1 aliphatic heterocycles. The third-order valence-corrected chi connectivity index (χ3v) is 7.17. The minimum atomic E-state index is -0.666. The maximum atomic E-state index is 13.5. The number of nitrogens with zero attached hydrogens (tertiary/aromatic N) is 2. The fourth-order valence-corrected chi connectivity index (χ4v) is 5.27. The fourth-order valence-electron chi connectivity index (χ4n) is 3.76. The van der Waals surface area contributed by atoms with E-state index in [-0.39, 0.29) is 23.1 Å². The van der Waals surface area contributed by atoms with Crippen molar-refractivity contribution >= 4 is 52.5 Å². The van der Waals surface area contributed by atoms with Crippen LogP contribution in [-0.4, -0.2) is 29.6 Å². The summed E-state index contributed by atoms with van der Waals surface area (Å²) in [6.07, 6.45) is 0.339. The quantitative estimate of drug-likeness (QED) is 0.243. The molecule has 1 saturated heterocycles. The van der Waals surface area contributed by atoms with Crippen molar-refractivity contribution in [3.05, 3.63) is 106 Å². The zero-order valence-corrected chi connectivity index (χ0v) is 21.4. The van der Waals surface area contributed by atoms with Crippen LogP contribution in [0.3, 0.4) is 0 Å². The van der Waals surface area contributed by atoms with Gasteiger partial charge in [0.25, 0.3) is 5.91 Å². The SMILES string of the molecule is CCOC(=O)c1ccc(NC(=O)/C(C#N)=C2\S[C@@H](Cc3ccccc3Cl)C(=O)N2c2ccccc2)cc1. The number of ether oxygens (including phenoxy) is 1. The number of nitrogens with one attached hydrogen (secondary N) is 1. The van der Waals surface area contributed by atoms with Gasteiger partial charge in [-0.05, 0) is 61.4 Å².